The van der Waals surface area contributed by atoms with Gasteiger partial charge in [0.05, 0.1) is 12.1 Å². The molecule has 8 heteroatoms. The third-order valence-electron chi connectivity index (χ3n) is 4.01. The van der Waals surface area contributed by atoms with Gasteiger partial charge in [0.2, 0.25) is 5.95 Å². The molecule has 1 atom stereocenters. The van der Waals surface area contributed by atoms with Gasteiger partial charge in [-0.05, 0) is 40.8 Å². The van der Waals surface area contributed by atoms with Crippen molar-refractivity contribution in [3.05, 3.63) is 69.7 Å². The number of methoxy groups -OCH3 is 1. The van der Waals surface area contributed by atoms with Crippen LogP contribution in [0.3, 0.4) is 0 Å². The molecular formula is C17H13Cl2N5O. The Bertz CT molecular complexity index is 969. The SMILES string of the molecule is COc1ccccc1[C@H]1C=C(c2ccc(Cl)cc2Cl)Nc2nnnn21. The number of ether oxygens (including phenoxy) is 1. The van der Waals surface area contributed by atoms with Gasteiger partial charge in [-0.1, -0.05) is 46.5 Å². The van der Waals surface area contributed by atoms with Gasteiger partial charge in [-0.25, -0.2) is 0 Å². The number of fused-ring (bicyclic) bond motifs is 1. The fourth-order valence-electron chi connectivity index (χ4n) is 2.85. The van der Waals surface area contributed by atoms with Crippen molar-refractivity contribution in [1.82, 2.24) is 20.2 Å². The molecule has 126 valence electrons. The van der Waals surface area contributed by atoms with Crippen LogP contribution in [-0.2, 0) is 0 Å². The van der Waals surface area contributed by atoms with Crippen LogP contribution in [0, 0.1) is 0 Å². The molecule has 0 bridgehead atoms. The monoisotopic (exact) mass is 373 g/mol. The number of aromatic nitrogens is 4. The van der Waals surface area contributed by atoms with Crippen LogP contribution >= 0.6 is 23.2 Å². The van der Waals surface area contributed by atoms with E-state index in [0.717, 1.165) is 22.6 Å². The van der Waals surface area contributed by atoms with Crippen molar-refractivity contribution >= 4 is 34.8 Å². The second-order valence-corrected chi connectivity index (χ2v) is 6.31. The number of hydrogen-bond acceptors (Lipinski definition) is 5. The molecule has 4 rings (SSSR count). The molecule has 3 aromatic rings. The Labute approximate surface area is 154 Å². The van der Waals surface area contributed by atoms with Crippen LogP contribution in [0.1, 0.15) is 17.2 Å². The first kappa shape index (κ1) is 15.9. The van der Waals surface area contributed by atoms with Gasteiger partial charge in [0.25, 0.3) is 0 Å². The van der Waals surface area contributed by atoms with E-state index in [4.69, 9.17) is 27.9 Å². The lowest BCUT2D eigenvalue weighted by Gasteiger charge is -2.25. The van der Waals surface area contributed by atoms with Crippen LogP contribution in [-0.4, -0.2) is 27.3 Å². The molecule has 1 aliphatic heterocycles. The molecule has 0 saturated heterocycles. The highest BCUT2D eigenvalue weighted by atomic mass is 35.5. The Balaban J connectivity index is 1.86. The van der Waals surface area contributed by atoms with Gasteiger partial charge in [0, 0.05) is 21.8 Å². The first-order chi connectivity index (χ1) is 12.2. The summed E-state index contributed by atoms with van der Waals surface area (Å²) in [6.45, 7) is 0. The number of benzene rings is 2. The fraction of sp³-hybridized carbons (Fsp3) is 0.118. The minimum atomic E-state index is -0.232. The number of anilines is 1. The highest BCUT2D eigenvalue weighted by molar-refractivity contribution is 6.35. The Hall–Kier alpha value is -2.57. The molecule has 0 radical (unpaired) electrons. The number of para-hydroxylation sites is 1. The second-order valence-electron chi connectivity index (χ2n) is 5.46. The summed E-state index contributed by atoms with van der Waals surface area (Å²) in [5, 5.41) is 16.3. The van der Waals surface area contributed by atoms with Gasteiger partial charge in [-0.3, -0.25) is 0 Å². The van der Waals surface area contributed by atoms with Crippen LogP contribution in [0.15, 0.2) is 48.5 Å². The summed E-state index contributed by atoms with van der Waals surface area (Å²) < 4.78 is 7.20. The lowest BCUT2D eigenvalue weighted by atomic mass is 10.0. The standard InChI is InChI=1S/C17H13Cl2N5O/c1-25-16-5-3-2-4-12(16)15-9-14(20-17-21-22-23-24(15)17)11-7-6-10(18)8-13(11)19/h2-9,15H,1H3,(H,20,21,23)/t15-/m1/s1. The largest absolute Gasteiger partial charge is 0.496 e. The number of allylic oxidation sites excluding steroid dienone is 1. The van der Waals surface area contributed by atoms with Crippen LogP contribution in [0.4, 0.5) is 5.95 Å². The summed E-state index contributed by atoms with van der Waals surface area (Å²) in [6.07, 6.45) is 2.01. The maximum atomic E-state index is 6.37. The van der Waals surface area contributed by atoms with Gasteiger partial charge in [-0.15, -0.1) is 0 Å². The number of nitrogens with zero attached hydrogens (tertiary/aromatic N) is 4. The van der Waals surface area contributed by atoms with Crippen molar-refractivity contribution in [2.24, 2.45) is 0 Å². The van der Waals surface area contributed by atoms with Crippen molar-refractivity contribution in [2.45, 2.75) is 6.04 Å². The molecule has 25 heavy (non-hydrogen) atoms. The predicted octanol–water partition coefficient (Wildman–Crippen LogP) is 4.04. The molecule has 0 fully saturated rings. The summed E-state index contributed by atoms with van der Waals surface area (Å²) in [4.78, 5) is 0. The van der Waals surface area contributed by atoms with E-state index in [-0.39, 0.29) is 6.04 Å². The summed E-state index contributed by atoms with van der Waals surface area (Å²) in [5.74, 6) is 1.29. The average Bonchev–Trinajstić information content (AvgIpc) is 3.09. The molecule has 1 aliphatic rings. The predicted molar refractivity (Wildman–Crippen MR) is 97.0 cm³/mol. The highest BCUT2D eigenvalue weighted by Gasteiger charge is 2.27. The Morgan fingerprint density at radius 1 is 1.16 bits per heavy atom. The summed E-state index contributed by atoms with van der Waals surface area (Å²) in [7, 11) is 1.64. The third kappa shape index (κ3) is 2.83. The molecule has 2 aromatic carbocycles. The Morgan fingerprint density at radius 2 is 2.00 bits per heavy atom. The summed E-state index contributed by atoms with van der Waals surface area (Å²) >= 11 is 12.4. The van der Waals surface area contributed by atoms with Crippen molar-refractivity contribution in [3.8, 4) is 5.75 Å². The zero-order valence-electron chi connectivity index (χ0n) is 13.1. The van der Waals surface area contributed by atoms with E-state index >= 15 is 0 Å². The number of tetrazole rings is 1. The van der Waals surface area contributed by atoms with E-state index in [0.29, 0.717) is 16.0 Å². The quantitative estimate of drug-likeness (QED) is 0.750. The van der Waals surface area contributed by atoms with E-state index in [1.807, 2.05) is 36.4 Å². The van der Waals surface area contributed by atoms with E-state index in [2.05, 4.69) is 20.8 Å². The van der Waals surface area contributed by atoms with Gasteiger partial charge in [0.15, 0.2) is 0 Å². The lowest BCUT2D eigenvalue weighted by Crippen LogP contribution is -2.20. The van der Waals surface area contributed by atoms with E-state index < -0.39 is 0 Å². The molecule has 0 spiro atoms. The van der Waals surface area contributed by atoms with Crippen molar-refractivity contribution < 1.29 is 4.74 Å². The van der Waals surface area contributed by atoms with Crippen molar-refractivity contribution in [1.29, 1.82) is 0 Å². The first-order valence-electron chi connectivity index (χ1n) is 7.52. The minimum Gasteiger partial charge on any atom is -0.496 e. The van der Waals surface area contributed by atoms with E-state index in [1.54, 1.807) is 23.9 Å². The second kappa shape index (κ2) is 6.38. The van der Waals surface area contributed by atoms with Crippen LogP contribution in [0.5, 0.6) is 5.75 Å². The highest BCUT2D eigenvalue weighted by Crippen LogP contribution is 2.37. The molecule has 2 heterocycles. The number of hydrogen-bond donors (Lipinski definition) is 1. The normalized spacial score (nSPS) is 16.0. The summed E-state index contributed by atoms with van der Waals surface area (Å²) in [5.41, 5.74) is 2.57. The zero-order valence-corrected chi connectivity index (χ0v) is 14.7. The van der Waals surface area contributed by atoms with Crippen LogP contribution in [0.25, 0.3) is 5.70 Å². The van der Waals surface area contributed by atoms with Crippen LogP contribution in [0.2, 0.25) is 10.0 Å². The molecule has 0 saturated carbocycles. The van der Waals surface area contributed by atoms with E-state index in [1.165, 1.54) is 0 Å². The molecule has 0 unspecified atom stereocenters. The molecular weight excluding hydrogens is 361 g/mol. The zero-order chi connectivity index (χ0) is 17.4. The van der Waals surface area contributed by atoms with Crippen molar-refractivity contribution in [2.75, 3.05) is 12.4 Å². The fourth-order valence-corrected chi connectivity index (χ4v) is 3.36. The Morgan fingerprint density at radius 3 is 2.80 bits per heavy atom. The van der Waals surface area contributed by atoms with E-state index in [9.17, 15) is 0 Å². The lowest BCUT2D eigenvalue weighted by molar-refractivity contribution is 0.403. The topological polar surface area (TPSA) is 64.9 Å². The van der Waals surface area contributed by atoms with Crippen LogP contribution < -0.4 is 10.1 Å². The smallest absolute Gasteiger partial charge is 0.248 e. The average molecular weight is 374 g/mol. The first-order valence-corrected chi connectivity index (χ1v) is 8.28. The number of nitrogens with one attached hydrogen (secondary N) is 1. The van der Waals surface area contributed by atoms with Gasteiger partial charge in [0.1, 0.15) is 11.8 Å². The maximum absolute atomic E-state index is 6.37. The Kier molecular flexibility index (Phi) is 4.07. The number of halogens is 2. The van der Waals surface area contributed by atoms with Crippen molar-refractivity contribution in [3.63, 3.8) is 0 Å². The number of rotatable bonds is 3. The van der Waals surface area contributed by atoms with Gasteiger partial charge < -0.3 is 10.1 Å². The molecule has 0 amide bonds. The molecule has 1 aromatic heterocycles. The van der Waals surface area contributed by atoms with Gasteiger partial charge in [-0.2, -0.15) is 4.68 Å². The molecule has 6 nitrogen and oxygen atoms in total. The van der Waals surface area contributed by atoms with Gasteiger partial charge >= 0.3 is 0 Å². The third-order valence-corrected chi connectivity index (χ3v) is 4.55. The minimum absolute atomic E-state index is 0.232. The maximum Gasteiger partial charge on any atom is 0.248 e. The molecule has 0 aliphatic carbocycles. The summed E-state index contributed by atoms with van der Waals surface area (Å²) in [6, 6.07) is 12.9. The molecule has 1 N–H and O–H groups in total.